The number of amides is 2. The molecule has 2 amide bonds. The predicted octanol–water partition coefficient (Wildman–Crippen LogP) is 5.40. The number of methoxy groups -OCH3 is 1. The van der Waals surface area contributed by atoms with Crippen LogP contribution >= 0.6 is 0 Å². The van der Waals surface area contributed by atoms with Gasteiger partial charge in [-0.3, -0.25) is 9.59 Å². The van der Waals surface area contributed by atoms with Crippen LogP contribution in [0.1, 0.15) is 87.1 Å². The summed E-state index contributed by atoms with van der Waals surface area (Å²) in [5, 5.41) is 6.53. The summed E-state index contributed by atoms with van der Waals surface area (Å²) in [4.78, 5) is 36.2. The van der Waals surface area contributed by atoms with E-state index < -0.39 is 11.9 Å². The molecular weight excluding hydrogens is 470 g/mol. The lowest BCUT2D eigenvalue weighted by atomic mass is 10.1. The number of unbranched alkanes of at least 4 members (excludes halogenated alkanes) is 8. The van der Waals surface area contributed by atoms with Gasteiger partial charge >= 0.3 is 5.97 Å². The van der Waals surface area contributed by atoms with Crippen LogP contribution < -0.4 is 20.2 Å². The summed E-state index contributed by atoms with van der Waals surface area (Å²) >= 11 is 0. The Morgan fingerprint density at radius 1 is 0.838 bits per heavy atom. The van der Waals surface area contributed by atoms with Gasteiger partial charge in [-0.25, -0.2) is 10.2 Å². The van der Waals surface area contributed by atoms with Gasteiger partial charge in [0.25, 0.3) is 5.91 Å². The lowest BCUT2D eigenvalue weighted by Crippen LogP contribution is -2.34. The fraction of sp³-hybridized carbons (Fsp3) is 0.448. The van der Waals surface area contributed by atoms with Crippen molar-refractivity contribution < 1.29 is 23.9 Å². The summed E-state index contributed by atoms with van der Waals surface area (Å²) in [7, 11) is 1.55. The van der Waals surface area contributed by atoms with Gasteiger partial charge in [0.15, 0.2) is 0 Å². The van der Waals surface area contributed by atoms with Crippen molar-refractivity contribution in [3.63, 3.8) is 0 Å². The zero-order chi connectivity index (χ0) is 26.7. The summed E-state index contributed by atoms with van der Waals surface area (Å²) < 4.78 is 10.5. The number of hydrogen-bond acceptors (Lipinski definition) is 6. The van der Waals surface area contributed by atoms with Gasteiger partial charge < -0.3 is 14.8 Å². The minimum Gasteiger partial charge on any atom is -0.497 e. The van der Waals surface area contributed by atoms with Crippen LogP contribution in [0.3, 0.4) is 0 Å². The van der Waals surface area contributed by atoms with Crippen LogP contribution in [-0.2, 0) is 9.59 Å². The van der Waals surface area contributed by atoms with E-state index in [0.717, 1.165) is 19.3 Å². The molecule has 2 aromatic carbocycles. The highest BCUT2D eigenvalue weighted by atomic mass is 16.5. The third-order valence-electron chi connectivity index (χ3n) is 5.75. The monoisotopic (exact) mass is 509 g/mol. The summed E-state index contributed by atoms with van der Waals surface area (Å²) in [6.07, 6.45) is 12.6. The molecule has 8 nitrogen and oxygen atoms in total. The molecule has 0 bridgehead atoms. The standard InChI is InChI=1S/C29H39N3O5/c1-3-4-5-6-7-8-9-10-11-15-27(33)30-22-28(34)32-31-21-23-13-12-14-26(20-23)37-29(35)24-16-18-25(36-2)19-17-24/h12-14,16-21H,3-11,15,22H2,1-2H3,(H,30,33)(H,32,34)/b31-21-. The van der Waals surface area contributed by atoms with Crippen molar-refractivity contribution in [1.29, 1.82) is 0 Å². The van der Waals surface area contributed by atoms with E-state index in [1.54, 1.807) is 55.6 Å². The SMILES string of the molecule is CCCCCCCCCCCC(=O)NCC(=O)N/N=C\c1cccc(OC(=O)c2ccc(OC)cc2)c1. The van der Waals surface area contributed by atoms with Crippen LogP contribution in [0.2, 0.25) is 0 Å². The number of hydrogen-bond donors (Lipinski definition) is 2. The Morgan fingerprint density at radius 3 is 2.19 bits per heavy atom. The number of benzene rings is 2. The topological polar surface area (TPSA) is 106 Å². The summed E-state index contributed by atoms with van der Waals surface area (Å²) in [6, 6.07) is 13.4. The normalized spacial score (nSPS) is 10.8. The largest absolute Gasteiger partial charge is 0.497 e. The molecule has 0 spiro atoms. The first kappa shape index (κ1) is 29.5. The number of ether oxygens (including phenoxy) is 2. The molecule has 0 heterocycles. The van der Waals surface area contributed by atoms with E-state index in [1.807, 2.05) is 0 Å². The number of nitrogens with one attached hydrogen (secondary N) is 2. The maximum absolute atomic E-state index is 12.3. The van der Waals surface area contributed by atoms with E-state index in [9.17, 15) is 14.4 Å². The van der Waals surface area contributed by atoms with Crippen molar-refractivity contribution in [2.45, 2.75) is 71.1 Å². The van der Waals surface area contributed by atoms with E-state index in [2.05, 4.69) is 22.8 Å². The fourth-order valence-corrected chi connectivity index (χ4v) is 3.63. The van der Waals surface area contributed by atoms with Gasteiger partial charge in [0.05, 0.1) is 25.4 Å². The second-order valence-electron chi connectivity index (χ2n) is 8.84. The molecular formula is C29H39N3O5. The zero-order valence-electron chi connectivity index (χ0n) is 22.0. The van der Waals surface area contributed by atoms with Crippen molar-refractivity contribution in [3.05, 3.63) is 59.7 Å². The van der Waals surface area contributed by atoms with E-state index in [-0.39, 0.29) is 12.5 Å². The minimum atomic E-state index is -0.497. The Hall–Kier alpha value is -3.68. The maximum Gasteiger partial charge on any atom is 0.343 e. The molecule has 0 aromatic heterocycles. The second-order valence-corrected chi connectivity index (χ2v) is 8.84. The van der Waals surface area contributed by atoms with E-state index in [1.165, 1.54) is 44.7 Å². The highest BCUT2D eigenvalue weighted by molar-refractivity contribution is 5.91. The molecule has 0 saturated carbocycles. The van der Waals surface area contributed by atoms with Crippen molar-refractivity contribution >= 4 is 24.0 Å². The van der Waals surface area contributed by atoms with Crippen LogP contribution in [-0.4, -0.2) is 37.7 Å². The Balaban J connectivity index is 1.63. The van der Waals surface area contributed by atoms with Crippen LogP contribution in [0.5, 0.6) is 11.5 Å². The smallest absolute Gasteiger partial charge is 0.343 e. The van der Waals surface area contributed by atoms with Crippen molar-refractivity contribution in [3.8, 4) is 11.5 Å². The highest BCUT2D eigenvalue weighted by Crippen LogP contribution is 2.16. The number of carbonyl (C=O) groups excluding carboxylic acids is 3. The van der Waals surface area contributed by atoms with Crippen LogP contribution in [0.25, 0.3) is 0 Å². The average molecular weight is 510 g/mol. The molecule has 0 aliphatic heterocycles. The molecule has 0 unspecified atom stereocenters. The second kappa shape index (κ2) is 17.7. The van der Waals surface area contributed by atoms with Gasteiger partial charge in [-0.1, -0.05) is 70.4 Å². The van der Waals surface area contributed by atoms with Gasteiger partial charge in [0.2, 0.25) is 5.91 Å². The lowest BCUT2D eigenvalue weighted by molar-refractivity contribution is -0.126. The number of carbonyl (C=O) groups is 3. The number of rotatable bonds is 17. The summed E-state index contributed by atoms with van der Waals surface area (Å²) in [5.41, 5.74) is 3.41. The van der Waals surface area contributed by atoms with Crippen LogP contribution in [0.15, 0.2) is 53.6 Å². The van der Waals surface area contributed by atoms with Crippen LogP contribution in [0, 0.1) is 0 Å². The molecule has 0 atom stereocenters. The molecule has 0 fully saturated rings. The van der Waals surface area contributed by atoms with Crippen molar-refractivity contribution in [2.75, 3.05) is 13.7 Å². The molecule has 0 saturated heterocycles. The first-order valence-electron chi connectivity index (χ1n) is 13.1. The zero-order valence-corrected chi connectivity index (χ0v) is 22.0. The average Bonchev–Trinajstić information content (AvgIpc) is 2.91. The molecule has 2 aromatic rings. The van der Waals surface area contributed by atoms with Crippen molar-refractivity contribution in [2.24, 2.45) is 5.10 Å². The molecule has 2 N–H and O–H groups in total. The van der Waals surface area contributed by atoms with E-state index in [0.29, 0.717) is 29.0 Å². The first-order valence-corrected chi connectivity index (χ1v) is 13.1. The Morgan fingerprint density at radius 2 is 1.51 bits per heavy atom. The molecule has 0 radical (unpaired) electrons. The lowest BCUT2D eigenvalue weighted by Gasteiger charge is -2.06. The molecule has 8 heteroatoms. The summed E-state index contributed by atoms with van der Waals surface area (Å²) in [5.74, 6) is -0.0505. The fourth-order valence-electron chi connectivity index (χ4n) is 3.63. The van der Waals surface area contributed by atoms with E-state index in [4.69, 9.17) is 9.47 Å². The van der Waals surface area contributed by atoms with Crippen LogP contribution in [0.4, 0.5) is 0 Å². The van der Waals surface area contributed by atoms with Gasteiger partial charge in [0, 0.05) is 6.42 Å². The minimum absolute atomic E-state index is 0.131. The third-order valence-corrected chi connectivity index (χ3v) is 5.75. The molecule has 2 rings (SSSR count). The van der Waals surface area contributed by atoms with Gasteiger partial charge in [-0.2, -0.15) is 5.10 Å². The molecule has 0 aliphatic rings. The highest BCUT2D eigenvalue weighted by Gasteiger charge is 2.09. The number of hydrazone groups is 1. The number of nitrogens with zero attached hydrogens (tertiary/aromatic N) is 1. The molecule has 0 aliphatic carbocycles. The van der Waals surface area contributed by atoms with Gasteiger partial charge in [-0.15, -0.1) is 0 Å². The number of esters is 1. The van der Waals surface area contributed by atoms with E-state index >= 15 is 0 Å². The Bertz CT molecular complexity index is 1000. The van der Waals surface area contributed by atoms with Gasteiger partial charge in [0.1, 0.15) is 11.5 Å². The molecule has 200 valence electrons. The van der Waals surface area contributed by atoms with Gasteiger partial charge in [-0.05, 0) is 48.4 Å². The third kappa shape index (κ3) is 12.7. The molecule has 37 heavy (non-hydrogen) atoms. The van der Waals surface area contributed by atoms with Crippen molar-refractivity contribution in [1.82, 2.24) is 10.7 Å². The Labute approximate surface area is 219 Å². The predicted molar refractivity (Wildman–Crippen MR) is 145 cm³/mol. The quantitative estimate of drug-likeness (QED) is 0.0976. The first-order chi connectivity index (χ1) is 18.0. The summed E-state index contributed by atoms with van der Waals surface area (Å²) in [6.45, 7) is 2.09. The Kier molecular flexibility index (Phi) is 14.1. The maximum atomic E-state index is 12.3.